The molecule has 14 nitrogen and oxygen atoms in total. The number of ether oxygens (including phenoxy) is 1. The first kappa shape index (κ1) is 36.6. The molecule has 16 heteroatoms. The number of aromatic nitrogens is 2. The average molecular weight is 620 g/mol. The Morgan fingerprint density at radius 2 is 1.59 bits per heavy atom. The monoisotopic (exact) mass is 619 g/mol. The van der Waals surface area contributed by atoms with Crippen molar-refractivity contribution in [3.05, 3.63) is 46.6 Å². The molecule has 41 heavy (non-hydrogen) atoms. The van der Waals surface area contributed by atoms with Gasteiger partial charge in [-0.05, 0) is 58.0 Å². The fourth-order valence-corrected chi connectivity index (χ4v) is 4.72. The number of nitrogens with one attached hydrogen (secondary N) is 1. The first-order chi connectivity index (χ1) is 19.1. The molecule has 1 heterocycles. The van der Waals surface area contributed by atoms with Crippen molar-refractivity contribution in [3.63, 3.8) is 0 Å². The van der Waals surface area contributed by atoms with Gasteiger partial charge in [-0.15, -0.1) is 0 Å². The van der Waals surface area contributed by atoms with Crippen molar-refractivity contribution < 1.29 is 42.5 Å². The Kier molecular flexibility index (Phi) is 16.3. The molecule has 0 amide bonds. The lowest BCUT2D eigenvalue weighted by atomic mass is 10.0. The lowest BCUT2D eigenvalue weighted by Gasteiger charge is -2.14. The quantitative estimate of drug-likeness (QED) is 0.0904. The number of carbonyl (C=O) groups excluding carboxylic acids is 1. The molecule has 0 aliphatic rings. The van der Waals surface area contributed by atoms with Gasteiger partial charge in [0.25, 0.3) is 0 Å². The first-order valence-corrected chi connectivity index (χ1v) is 16.2. The normalized spacial score (nSPS) is 11.6. The standard InChI is InChI=1S/C25H39N5O2.H4O7P2/c1-5-6-7-14-27-24-22(19(2)28-25(26)29-24)17-20-10-12-21(13-11-20)18-23(31)32-16-9-8-15-30(3)4;1-8(2,3)7-9(4,5)6/h10-13H,5-9,14-18H2,1-4H3,(H3,26,27,28,29);(H2,1,2,3)(H2,4,5,6). The van der Waals surface area contributed by atoms with Gasteiger partial charge in [-0.3, -0.25) is 4.79 Å². The van der Waals surface area contributed by atoms with Gasteiger partial charge < -0.3 is 40.3 Å². The molecule has 0 saturated heterocycles. The highest BCUT2D eigenvalue weighted by atomic mass is 31.3. The molecule has 0 aliphatic heterocycles. The minimum atomic E-state index is -5.05. The average Bonchev–Trinajstić information content (AvgIpc) is 2.82. The molecular formula is C25H43N5O9P2. The Morgan fingerprint density at radius 3 is 2.12 bits per heavy atom. The van der Waals surface area contributed by atoms with Crippen LogP contribution in [0.5, 0.6) is 0 Å². The van der Waals surface area contributed by atoms with Crippen LogP contribution in [0.25, 0.3) is 0 Å². The van der Waals surface area contributed by atoms with Crippen molar-refractivity contribution in [1.29, 1.82) is 0 Å². The second kappa shape index (κ2) is 18.2. The predicted octanol–water partition coefficient (Wildman–Crippen LogP) is 3.18. The van der Waals surface area contributed by atoms with E-state index in [2.05, 4.69) is 43.6 Å². The third-order valence-corrected chi connectivity index (χ3v) is 7.23. The zero-order valence-corrected chi connectivity index (χ0v) is 25.8. The van der Waals surface area contributed by atoms with E-state index in [4.69, 9.17) is 30.0 Å². The van der Waals surface area contributed by atoms with Gasteiger partial charge in [-0.1, -0.05) is 44.0 Å². The van der Waals surface area contributed by atoms with Gasteiger partial charge in [0, 0.05) is 24.2 Å². The van der Waals surface area contributed by atoms with Gasteiger partial charge in [0.2, 0.25) is 5.95 Å². The summed E-state index contributed by atoms with van der Waals surface area (Å²) in [5, 5.41) is 3.43. The number of hydrogen-bond donors (Lipinski definition) is 6. The molecule has 7 N–H and O–H groups in total. The highest BCUT2D eigenvalue weighted by Gasteiger charge is 2.28. The number of nitrogens with zero attached hydrogens (tertiary/aromatic N) is 3. The van der Waals surface area contributed by atoms with Crippen molar-refractivity contribution in [3.8, 4) is 0 Å². The van der Waals surface area contributed by atoms with Gasteiger partial charge in [-0.25, -0.2) is 14.1 Å². The van der Waals surface area contributed by atoms with E-state index in [0.717, 1.165) is 60.6 Å². The number of anilines is 2. The van der Waals surface area contributed by atoms with Gasteiger partial charge in [0.15, 0.2) is 0 Å². The SMILES string of the molecule is CCCCCNc1nc(N)nc(C)c1Cc1ccc(CC(=O)OCCCCN(C)C)cc1.O=P(O)(O)OP(=O)(O)O. The van der Waals surface area contributed by atoms with Gasteiger partial charge >= 0.3 is 21.6 Å². The number of hydrogen-bond acceptors (Lipinski definition) is 10. The molecule has 0 saturated carbocycles. The Morgan fingerprint density at radius 1 is 0.976 bits per heavy atom. The van der Waals surface area contributed by atoms with Crippen LogP contribution in [0.4, 0.5) is 11.8 Å². The molecule has 2 rings (SSSR count). The highest BCUT2D eigenvalue weighted by molar-refractivity contribution is 7.60. The van der Waals surface area contributed by atoms with Crippen LogP contribution >= 0.6 is 15.6 Å². The number of unbranched alkanes of at least 4 members (excludes halogenated alkanes) is 3. The van der Waals surface area contributed by atoms with E-state index >= 15 is 0 Å². The van der Waals surface area contributed by atoms with Gasteiger partial charge in [0.05, 0.1) is 13.0 Å². The molecule has 0 spiro atoms. The summed E-state index contributed by atoms with van der Waals surface area (Å²) in [7, 11) is -6.01. The fourth-order valence-electron chi connectivity index (χ4n) is 3.61. The number of rotatable bonds is 16. The summed E-state index contributed by atoms with van der Waals surface area (Å²) in [6.45, 7) is 6.51. The molecule has 1 aromatic heterocycles. The Balaban J connectivity index is 0.000000803. The molecule has 0 atom stereocenters. The van der Waals surface area contributed by atoms with E-state index < -0.39 is 15.6 Å². The molecule has 0 bridgehead atoms. The summed E-state index contributed by atoms with van der Waals surface area (Å²) in [6, 6.07) is 8.08. The van der Waals surface area contributed by atoms with E-state index in [1.807, 2.05) is 33.2 Å². The van der Waals surface area contributed by atoms with Crippen LogP contribution in [0.15, 0.2) is 24.3 Å². The molecule has 0 fully saturated rings. The van der Waals surface area contributed by atoms with Crippen LogP contribution < -0.4 is 11.1 Å². The molecule has 232 valence electrons. The van der Waals surface area contributed by atoms with E-state index in [9.17, 15) is 13.9 Å². The second-order valence-corrected chi connectivity index (χ2v) is 12.2. The van der Waals surface area contributed by atoms with E-state index in [1.165, 1.54) is 12.8 Å². The predicted molar refractivity (Wildman–Crippen MR) is 156 cm³/mol. The third-order valence-electron chi connectivity index (χ3n) is 5.53. The number of nitrogen functional groups attached to an aromatic ring is 1. The zero-order chi connectivity index (χ0) is 31.1. The summed E-state index contributed by atoms with van der Waals surface area (Å²) < 4.78 is 27.6. The number of nitrogens with two attached hydrogens (primary N) is 1. The largest absolute Gasteiger partial charge is 0.478 e. The maximum absolute atomic E-state index is 12.1. The van der Waals surface area contributed by atoms with E-state index in [0.29, 0.717) is 25.4 Å². The van der Waals surface area contributed by atoms with Crippen LogP contribution in [0, 0.1) is 6.92 Å². The number of esters is 1. The van der Waals surface area contributed by atoms with Gasteiger partial charge in [0.1, 0.15) is 5.82 Å². The van der Waals surface area contributed by atoms with Crippen molar-refractivity contribution in [2.24, 2.45) is 0 Å². The van der Waals surface area contributed by atoms with Crippen molar-refractivity contribution in [2.75, 3.05) is 44.8 Å². The summed E-state index contributed by atoms with van der Waals surface area (Å²) >= 11 is 0. The minimum absolute atomic E-state index is 0.177. The third kappa shape index (κ3) is 17.9. The lowest BCUT2D eigenvalue weighted by molar-refractivity contribution is -0.142. The molecule has 0 unspecified atom stereocenters. The van der Waals surface area contributed by atoms with Crippen molar-refractivity contribution in [1.82, 2.24) is 14.9 Å². The van der Waals surface area contributed by atoms with Crippen LogP contribution in [0.2, 0.25) is 0 Å². The van der Waals surface area contributed by atoms with Crippen LogP contribution in [0.1, 0.15) is 61.4 Å². The second-order valence-electron chi connectivity index (χ2n) is 9.59. The zero-order valence-electron chi connectivity index (χ0n) is 24.0. The number of phosphoric acid groups is 2. The maximum atomic E-state index is 12.1. The molecule has 1 aromatic carbocycles. The van der Waals surface area contributed by atoms with Crippen LogP contribution in [0.3, 0.4) is 0 Å². The topological polar surface area (TPSA) is 218 Å². The molecular weight excluding hydrogens is 576 g/mol. The van der Waals surface area contributed by atoms with Crippen molar-refractivity contribution in [2.45, 2.75) is 58.8 Å². The van der Waals surface area contributed by atoms with E-state index in [-0.39, 0.29) is 5.97 Å². The van der Waals surface area contributed by atoms with Crippen LogP contribution in [-0.4, -0.2) is 74.2 Å². The van der Waals surface area contributed by atoms with Crippen LogP contribution in [-0.2, 0) is 35.8 Å². The smallest absolute Gasteiger partial charge is 0.465 e. The summed E-state index contributed by atoms with van der Waals surface area (Å²) in [6.07, 6.45) is 6.37. The summed E-state index contributed by atoms with van der Waals surface area (Å²) in [4.78, 5) is 54.0. The Labute approximate surface area is 241 Å². The fraction of sp³-hybridized carbons (Fsp3) is 0.560. The lowest BCUT2D eigenvalue weighted by Crippen LogP contribution is -2.14. The summed E-state index contributed by atoms with van der Waals surface area (Å²) in [5.41, 5.74) is 9.91. The number of benzene rings is 1. The number of carbonyl (C=O) groups is 1. The Hall–Kier alpha value is -2.41. The molecule has 0 aliphatic carbocycles. The first-order valence-electron chi connectivity index (χ1n) is 13.2. The Bertz CT molecular complexity index is 1150. The number of aryl methyl sites for hydroxylation is 1. The highest BCUT2D eigenvalue weighted by Crippen LogP contribution is 2.53. The summed E-state index contributed by atoms with van der Waals surface area (Å²) in [5.74, 6) is 0.928. The maximum Gasteiger partial charge on any atom is 0.478 e. The van der Waals surface area contributed by atoms with E-state index in [1.54, 1.807) is 0 Å². The minimum Gasteiger partial charge on any atom is -0.465 e. The molecule has 2 aromatic rings. The van der Waals surface area contributed by atoms with Gasteiger partial charge in [-0.2, -0.15) is 9.29 Å². The molecule has 0 radical (unpaired) electrons. The van der Waals surface area contributed by atoms with Crippen molar-refractivity contribution >= 4 is 33.4 Å².